The number of imidazole rings is 1. The molecule has 3 aromatic rings. The Morgan fingerprint density at radius 3 is 2.64 bits per heavy atom. The first-order valence-electron chi connectivity index (χ1n) is 8.28. The van der Waals surface area contributed by atoms with Gasteiger partial charge in [-0.1, -0.05) is 23.4 Å². The molecule has 1 N–H and O–H groups in total. The van der Waals surface area contributed by atoms with E-state index in [9.17, 15) is 18.8 Å². The number of hydrogen-bond donors (Lipinski definition) is 1. The predicted octanol–water partition coefficient (Wildman–Crippen LogP) is 1.98. The topological polar surface area (TPSA) is 90.9 Å². The molecule has 2 heterocycles. The second-order valence-electron chi connectivity index (χ2n) is 5.98. The van der Waals surface area contributed by atoms with Crippen LogP contribution in [0.4, 0.5) is 10.1 Å². The van der Waals surface area contributed by atoms with Gasteiger partial charge in [-0.05, 0) is 25.1 Å². The molecule has 0 aliphatic rings. The molecule has 1 amide bonds. The van der Waals surface area contributed by atoms with Crippen molar-refractivity contribution in [1.29, 1.82) is 0 Å². The van der Waals surface area contributed by atoms with E-state index in [2.05, 4.69) is 10.3 Å². The lowest BCUT2D eigenvalue weighted by molar-refractivity contribution is -0.113. The van der Waals surface area contributed by atoms with Crippen molar-refractivity contribution >= 4 is 46.1 Å². The van der Waals surface area contributed by atoms with Crippen molar-refractivity contribution in [2.24, 2.45) is 14.1 Å². The van der Waals surface area contributed by atoms with Gasteiger partial charge in [0.15, 0.2) is 16.3 Å². The standard InChI is InChI=1S/C17H17ClFN5O3S/c1-4-24-13-14(22(2)17(27)23(3)15(13)26)21-16(24)28-8-12(25)20-9-5-6-11(19)10(18)7-9/h5-7H,4,8H2,1-3H3,(H,20,25). The number of fused-ring (bicyclic) bond motifs is 1. The van der Waals surface area contributed by atoms with Crippen LogP contribution in [0.5, 0.6) is 0 Å². The normalized spacial score (nSPS) is 11.2. The van der Waals surface area contributed by atoms with E-state index in [4.69, 9.17) is 11.6 Å². The summed E-state index contributed by atoms with van der Waals surface area (Å²) < 4.78 is 17.2. The van der Waals surface area contributed by atoms with Crippen molar-refractivity contribution in [3.63, 3.8) is 0 Å². The fourth-order valence-corrected chi connectivity index (χ4v) is 3.77. The molecule has 0 radical (unpaired) electrons. The number of carbonyl (C=O) groups excluding carboxylic acids is 1. The maximum atomic E-state index is 13.2. The van der Waals surface area contributed by atoms with Crippen molar-refractivity contribution in [2.45, 2.75) is 18.6 Å². The minimum Gasteiger partial charge on any atom is -0.325 e. The zero-order chi connectivity index (χ0) is 20.6. The molecular formula is C17H17ClFN5O3S. The van der Waals surface area contributed by atoms with Gasteiger partial charge in [0.05, 0.1) is 10.8 Å². The molecule has 0 saturated heterocycles. The first-order valence-corrected chi connectivity index (χ1v) is 9.64. The van der Waals surface area contributed by atoms with E-state index in [1.807, 2.05) is 6.92 Å². The number of amides is 1. The Balaban J connectivity index is 1.86. The largest absolute Gasteiger partial charge is 0.332 e. The third-order valence-corrected chi connectivity index (χ3v) is 5.43. The number of nitrogens with zero attached hydrogens (tertiary/aromatic N) is 4. The van der Waals surface area contributed by atoms with Gasteiger partial charge in [0, 0.05) is 26.3 Å². The number of nitrogens with one attached hydrogen (secondary N) is 1. The third-order valence-electron chi connectivity index (χ3n) is 4.16. The molecule has 148 valence electrons. The van der Waals surface area contributed by atoms with E-state index >= 15 is 0 Å². The Kier molecular flexibility index (Phi) is 5.61. The van der Waals surface area contributed by atoms with Crippen LogP contribution in [-0.2, 0) is 25.4 Å². The van der Waals surface area contributed by atoms with E-state index < -0.39 is 17.1 Å². The second kappa shape index (κ2) is 7.80. The van der Waals surface area contributed by atoms with E-state index in [1.54, 1.807) is 4.57 Å². The highest BCUT2D eigenvalue weighted by atomic mass is 35.5. The van der Waals surface area contributed by atoms with Crippen LogP contribution in [0.1, 0.15) is 6.92 Å². The van der Waals surface area contributed by atoms with Crippen LogP contribution in [0, 0.1) is 5.82 Å². The SMILES string of the molecule is CCn1c(SCC(=O)Nc2ccc(F)c(Cl)c2)nc2c1c(=O)n(C)c(=O)n2C. The molecule has 8 nitrogen and oxygen atoms in total. The monoisotopic (exact) mass is 425 g/mol. The molecule has 0 saturated carbocycles. The first kappa shape index (κ1) is 20.2. The lowest BCUT2D eigenvalue weighted by Gasteiger charge is -2.07. The molecule has 0 fully saturated rings. The average molecular weight is 426 g/mol. The highest BCUT2D eigenvalue weighted by Crippen LogP contribution is 2.23. The Hall–Kier alpha value is -2.59. The molecular weight excluding hydrogens is 409 g/mol. The molecule has 1 aromatic carbocycles. The molecule has 2 aromatic heterocycles. The van der Waals surface area contributed by atoms with Gasteiger partial charge in [0.1, 0.15) is 5.82 Å². The number of carbonyl (C=O) groups is 1. The summed E-state index contributed by atoms with van der Waals surface area (Å²) in [5.74, 6) is -0.908. The van der Waals surface area contributed by atoms with E-state index in [0.717, 1.165) is 22.4 Å². The highest BCUT2D eigenvalue weighted by molar-refractivity contribution is 7.99. The summed E-state index contributed by atoms with van der Waals surface area (Å²) in [6, 6.07) is 3.89. The van der Waals surface area contributed by atoms with Crippen LogP contribution in [0.15, 0.2) is 32.9 Å². The summed E-state index contributed by atoms with van der Waals surface area (Å²) in [6.07, 6.45) is 0. The van der Waals surface area contributed by atoms with E-state index in [1.165, 1.54) is 30.8 Å². The number of thioether (sulfide) groups is 1. The van der Waals surface area contributed by atoms with Crippen molar-refractivity contribution in [1.82, 2.24) is 18.7 Å². The van der Waals surface area contributed by atoms with Crippen molar-refractivity contribution in [3.8, 4) is 0 Å². The molecule has 0 aliphatic carbocycles. The lowest BCUT2D eigenvalue weighted by Crippen LogP contribution is -2.37. The fraction of sp³-hybridized carbons (Fsp3) is 0.294. The van der Waals surface area contributed by atoms with Gasteiger partial charge in [0.2, 0.25) is 5.91 Å². The molecule has 28 heavy (non-hydrogen) atoms. The van der Waals surface area contributed by atoms with Crippen LogP contribution >= 0.6 is 23.4 Å². The lowest BCUT2D eigenvalue weighted by atomic mass is 10.3. The zero-order valence-corrected chi connectivity index (χ0v) is 16.9. The first-order chi connectivity index (χ1) is 13.2. The Labute approximate surface area is 167 Å². The summed E-state index contributed by atoms with van der Waals surface area (Å²) in [4.78, 5) is 41.2. The number of hydrogen-bond acceptors (Lipinski definition) is 5. The second-order valence-corrected chi connectivity index (χ2v) is 7.33. The van der Waals surface area contributed by atoms with Crippen LogP contribution < -0.4 is 16.6 Å². The van der Waals surface area contributed by atoms with Crippen molar-refractivity contribution in [2.75, 3.05) is 11.1 Å². The average Bonchev–Trinajstić information content (AvgIpc) is 3.04. The Morgan fingerprint density at radius 1 is 1.29 bits per heavy atom. The summed E-state index contributed by atoms with van der Waals surface area (Å²) in [5, 5.41) is 2.98. The molecule has 0 aliphatic heterocycles. The maximum absolute atomic E-state index is 13.2. The van der Waals surface area contributed by atoms with E-state index in [0.29, 0.717) is 22.9 Å². The number of aromatic nitrogens is 4. The van der Waals surface area contributed by atoms with Gasteiger partial charge < -0.3 is 9.88 Å². The van der Waals surface area contributed by atoms with Gasteiger partial charge in [0.25, 0.3) is 5.56 Å². The number of anilines is 1. The van der Waals surface area contributed by atoms with Crippen LogP contribution in [0.2, 0.25) is 5.02 Å². The van der Waals surface area contributed by atoms with Crippen LogP contribution in [-0.4, -0.2) is 30.3 Å². The minimum atomic E-state index is -0.571. The molecule has 3 rings (SSSR count). The molecule has 0 bridgehead atoms. The van der Waals surface area contributed by atoms with Gasteiger partial charge in [-0.2, -0.15) is 0 Å². The predicted molar refractivity (Wildman–Crippen MR) is 107 cm³/mol. The van der Waals surface area contributed by atoms with Gasteiger partial charge in [-0.3, -0.25) is 18.7 Å². The number of rotatable bonds is 5. The zero-order valence-electron chi connectivity index (χ0n) is 15.3. The number of halogens is 2. The van der Waals surface area contributed by atoms with Crippen LogP contribution in [0.25, 0.3) is 11.2 Å². The number of benzene rings is 1. The summed E-state index contributed by atoms with van der Waals surface area (Å²) in [6.45, 7) is 2.29. The van der Waals surface area contributed by atoms with E-state index in [-0.39, 0.29) is 22.3 Å². The van der Waals surface area contributed by atoms with Gasteiger partial charge >= 0.3 is 5.69 Å². The Bertz CT molecular complexity index is 1200. The fourth-order valence-electron chi connectivity index (χ4n) is 2.73. The smallest absolute Gasteiger partial charge is 0.325 e. The summed E-state index contributed by atoms with van der Waals surface area (Å²) in [7, 11) is 2.95. The molecule has 0 unspecified atom stereocenters. The summed E-state index contributed by atoms with van der Waals surface area (Å²) >= 11 is 6.84. The minimum absolute atomic E-state index is 0.00653. The quantitative estimate of drug-likeness (QED) is 0.631. The van der Waals surface area contributed by atoms with Crippen LogP contribution in [0.3, 0.4) is 0 Å². The highest BCUT2D eigenvalue weighted by Gasteiger charge is 2.19. The molecule has 11 heteroatoms. The van der Waals surface area contributed by atoms with Crippen molar-refractivity contribution < 1.29 is 9.18 Å². The maximum Gasteiger partial charge on any atom is 0.332 e. The molecule has 0 atom stereocenters. The molecule has 0 spiro atoms. The van der Waals surface area contributed by atoms with Gasteiger partial charge in [-0.25, -0.2) is 14.2 Å². The third kappa shape index (κ3) is 3.57. The summed E-state index contributed by atoms with van der Waals surface area (Å²) in [5.41, 5.74) is 0.0335. The number of aryl methyl sites for hydroxylation is 2. The van der Waals surface area contributed by atoms with Crippen molar-refractivity contribution in [3.05, 3.63) is 49.9 Å². The van der Waals surface area contributed by atoms with Gasteiger partial charge in [-0.15, -0.1) is 0 Å². The Morgan fingerprint density at radius 2 is 2.00 bits per heavy atom.